The molecule has 0 bridgehead atoms. The molecule has 0 saturated heterocycles. The first-order chi connectivity index (χ1) is 6.89. The highest BCUT2D eigenvalue weighted by Crippen LogP contribution is 2.47. The van der Waals surface area contributed by atoms with Crippen LogP contribution in [0.15, 0.2) is 18.2 Å². The van der Waals surface area contributed by atoms with Crippen LogP contribution in [0.4, 0.5) is 17.6 Å². The van der Waals surface area contributed by atoms with Gasteiger partial charge in [0.25, 0.3) is 0 Å². The smallest absolute Gasteiger partial charge is 0.206 e. The van der Waals surface area contributed by atoms with Crippen LogP contribution in [0.3, 0.4) is 0 Å². The first-order valence-electron chi connectivity index (χ1n) is 4.76. The lowest BCUT2D eigenvalue weighted by molar-refractivity contribution is -0.140. The Morgan fingerprint density at radius 1 is 1.27 bits per heavy atom. The summed E-state index contributed by atoms with van der Waals surface area (Å²) in [5.74, 6) is -0.470. The largest absolute Gasteiger partial charge is 0.419 e. The molecule has 1 aromatic rings. The standard InChI is InChI=1S/C11H10F4/c1-6-4-8(6)7-2-3-9(10(12)5-7)11(13,14)15/h2-3,5-6,8H,4H2,1H3. The van der Waals surface area contributed by atoms with Crippen molar-refractivity contribution in [2.24, 2.45) is 5.92 Å². The highest BCUT2D eigenvalue weighted by molar-refractivity contribution is 5.31. The summed E-state index contributed by atoms with van der Waals surface area (Å²) in [6.45, 7) is 2.00. The van der Waals surface area contributed by atoms with E-state index in [1.165, 1.54) is 6.07 Å². The SMILES string of the molecule is CC1CC1c1ccc(C(F)(F)F)c(F)c1. The Morgan fingerprint density at radius 3 is 2.27 bits per heavy atom. The Morgan fingerprint density at radius 2 is 1.87 bits per heavy atom. The fourth-order valence-corrected chi connectivity index (χ4v) is 1.78. The van der Waals surface area contributed by atoms with Crippen LogP contribution in [0.1, 0.15) is 30.4 Å². The van der Waals surface area contributed by atoms with Crippen molar-refractivity contribution >= 4 is 0 Å². The number of rotatable bonds is 1. The molecule has 82 valence electrons. The fraction of sp³-hybridized carbons (Fsp3) is 0.455. The van der Waals surface area contributed by atoms with Gasteiger partial charge in [0, 0.05) is 0 Å². The van der Waals surface area contributed by atoms with Crippen LogP contribution >= 0.6 is 0 Å². The molecule has 0 amide bonds. The normalized spacial score (nSPS) is 25.4. The fourth-order valence-electron chi connectivity index (χ4n) is 1.78. The number of alkyl halides is 3. The van der Waals surface area contributed by atoms with Crippen LogP contribution in [0.5, 0.6) is 0 Å². The van der Waals surface area contributed by atoms with Crippen LogP contribution in [-0.4, -0.2) is 0 Å². The van der Waals surface area contributed by atoms with E-state index in [4.69, 9.17) is 0 Å². The van der Waals surface area contributed by atoms with Crippen LogP contribution in [0, 0.1) is 11.7 Å². The predicted molar refractivity (Wildman–Crippen MR) is 47.9 cm³/mol. The maximum atomic E-state index is 13.1. The first kappa shape index (κ1) is 10.5. The van der Waals surface area contributed by atoms with Gasteiger partial charge in [-0.3, -0.25) is 0 Å². The zero-order valence-corrected chi connectivity index (χ0v) is 8.11. The predicted octanol–water partition coefficient (Wildman–Crippen LogP) is 3.97. The third-order valence-electron chi connectivity index (χ3n) is 2.84. The van der Waals surface area contributed by atoms with E-state index in [0.717, 1.165) is 18.6 Å². The molecule has 1 aliphatic carbocycles. The number of benzene rings is 1. The van der Waals surface area contributed by atoms with Crippen LogP contribution < -0.4 is 0 Å². The maximum absolute atomic E-state index is 13.1. The van der Waals surface area contributed by atoms with E-state index >= 15 is 0 Å². The van der Waals surface area contributed by atoms with Gasteiger partial charge in [-0.05, 0) is 36.0 Å². The summed E-state index contributed by atoms with van der Waals surface area (Å²) in [5, 5.41) is 0. The van der Waals surface area contributed by atoms with Crippen LogP contribution in [0.2, 0.25) is 0 Å². The van der Waals surface area contributed by atoms with Crippen LogP contribution in [-0.2, 0) is 6.18 Å². The average Bonchev–Trinajstić information content (AvgIpc) is 2.80. The van der Waals surface area contributed by atoms with Crippen molar-refractivity contribution in [2.45, 2.75) is 25.4 Å². The van der Waals surface area contributed by atoms with Gasteiger partial charge in [-0.1, -0.05) is 13.0 Å². The lowest BCUT2D eigenvalue weighted by Gasteiger charge is -2.09. The van der Waals surface area contributed by atoms with Gasteiger partial charge in [0.2, 0.25) is 0 Å². The summed E-state index contributed by atoms with van der Waals surface area (Å²) < 4.78 is 49.8. The minimum Gasteiger partial charge on any atom is -0.206 e. The molecule has 0 radical (unpaired) electrons. The van der Waals surface area contributed by atoms with Gasteiger partial charge in [0.15, 0.2) is 0 Å². The van der Waals surface area contributed by atoms with Gasteiger partial charge in [-0.25, -0.2) is 4.39 Å². The number of hydrogen-bond acceptors (Lipinski definition) is 0. The first-order valence-corrected chi connectivity index (χ1v) is 4.76. The van der Waals surface area contributed by atoms with E-state index in [9.17, 15) is 17.6 Å². The van der Waals surface area contributed by atoms with E-state index in [0.29, 0.717) is 11.5 Å². The second-order valence-corrected chi connectivity index (χ2v) is 4.06. The topological polar surface area (TPSA) is 0 Å². The van der Waals surface area contributed by atoms with E-state index < -0.39 is 17.6 Å². The highest BCUT2D eigenvalue weighted by atomic mass is 19.4. The molecule has 0 N–H and O–H groups in total. The monoisotopic (exact) mass is 218 g/mol. The Labute approximate surface area is 84.9 Å². The minimum absolute atomic E-state index is 0.238. The van der Waals surface area contributed by atoms with Crippen LogP contribution in [0.25, 0.3) is 0 Å². The molecule has 4 heteroatoms. The van der Waals surface area contributed by atoms with Gasteiger partial charge < -0.3 is 0 Å². The van der Waals surface area contributed by atoms with Crippen molar-refractivity contribution < 1.29 is 17.6 Å². The quantitative estimate of drug-likeness (QED) is 0.625. The van der Waals surface area contributed by atoms with Crippen molar-refractivity contribution in [1.82, 2.24) is 0 Å². The lowest BCUT2D eigenvalue weighted by Crippen LogP contribution is -2.08. The molecule has 2 rings (SSSR count). The van der Waals surface area contributed by atoms with Gasteiger partial charge in [-0.2, -0.15) is 13.2 Å². The molecular weight excluding hydrogens is 208 g/mol. The third-order valence-corrected chi connectivity index (χ3v) is 2.84. The molecule has 0 aromatic heterocycles. The minimum atomic E-state index is -4.60. The second kappa shape index (κ2) is 3.22. The highest BCUT2D eigenvalue weighted by Gasteiger charge is 2.37. The molecule has 2 unspecified atom stereocenters. The molecule has 1 fully saturated rings. The average molecular weight is 218 g/mol. The van der Waals surface area contributed by atoms with E-state index in [-0.39, 0.29) is 5.92 Å². The molecule has 0 nitrogen and oxygen atoms in total. The Hall–Kier alpha value is -1.06. The van der Waals surface area contributed by atoms with Gasteiger partial charge >= 0.3 is 6.18 Å². The van der Waals surface area contributed by atoms with Crippen molar-refractivity contribution in [1.29, 1.82) is 0 Å². The van der Waals surface area contributed by atoms with E-state index in [1.807, 2.05) is 6.92 Å². The molecular formula is C11H10F4. The Bertz CT molecular complexity index is 381. The molecule has 1 aromatic carbocycles. The summed E-state index contributed by atoms with van der Waals surface area (Å²) in [6.07, 6.45) is -3.66. The summed E-state index contributed by atoms with van der Waals surface area (Å²) in [4.78, 5) is 0. The molecule has 0 spiro atoms. The lowest BCUT2D eigenvalue weighted by atomic mass is 10.1. The second-order valence-electron chi connectivity index (χ2n) is 4.06. The van der Waals surface area contributed by atoms with Crippen molar-refractivity contribution in [3.05, 3.63) is 35.1 Å². The number of halogens is 4. The number of hydrogen-bond donors (Lipinski definition) is 0. The van der Waals surface area contributed by atoms with E-state index in [2.05, 4.69) is 0 Å². The van der Waals surface area contributed by atoms with Crippen molar-refractivity contribution in [3.63, 3.8) is 0 Å². The molecule has 0 heterocycles. The van der Waals surface area contributed by atoms with Gasteiger partial charge in [-0.15, -0.1) is 0 Å². The van der Waals surface area contributed by atoms with Crippen molar-refractivity contribution in [2.75, 3.05) is 0 Å². The summed E-state index contributed by atoms with van der Waals surface area (Å²) in [6, 6.07) is 3.22. The summed E-state index contributed by atoms with van der Waals surface area (Å²) >= 11 is 0. The summed E-state index contributed by atoms with van der Waals surface area (Å²) in [7, 11) is 0. The third kappa shape index (κ3) is 1.98. The Balaban J connectivity index is 2.31. The Kier molecular flexibility index (Phi) is 2.24. The summed E-state index contributed by atoms with van der Waals surface area (Å²) in [5.41, 5.74) is -0.507. The van der Waals surface area contributed by atoms with Gasteiger partial charge in [0.1, 0.15) is 5.82 Å². The molecule has 0 aliphatic heterocycles. The molecule has 2 atom stereocenters. The van der Waals surface area contributed by atoms with Crippen molar-refractivity contribution in [3.8, 4) is 0 Å². The zero-order chi connectivity index (χ0) is 11.2. The molecule has 1 saturated carbocycles. The maximum Gasteiger partial charge on any atom is 0.419 e. The van der Waals surface area contributed by atoms with E-state index in [1.54, 1.807) is 0 Å². The van der Waals surface area contributed by atoms with Gasteiger partial charge in [0.05, 0.1) is 5.56 Å². The molecule has 15 heavy (non-hydrogen) atoms. The molecule has 1 aliphatic rings. The zero-order valence-electron chi connectivity index (χ0n) is 8.11.